The molecule has 5 nitrogen and oxygen atoms in total. The molecule has 2 heterocycles. The zero-order valence-corrected chi connectivity index (χ0v) is 14.3. The van der Waals surface area contributed by atoms with Crippen LogP contribution in [0, 0.1) is 11.3 Å². The van der Waals surface area contributed by atoms with Gasteiger partial charge in [-0.2, -0.15) is 15.4 Å². The predicted octanol–water partition coefficient (Wildman–Crippen LogP) is 3.19. The van der Waals surface area contributed by atoms with Crippen molar-refractivity contribution in [1.82, 2.24) is 20.3 Å². The summed E-state index contributed by atoms with van der Waals surface area (Å²) in [7, 11) is 0. The van der Waals surface area contributed by atoms with Gasteiger partial charge in [0.25, 0.3) is 0 Å². The summed E-state index contributed by atoms with van der Waals surface area (Å²) in [5.41, 5.74) is 1.34. The first kappa shape index (κ1) is 17.0. The molecular weight excluding hydrogens is 276 g/mol. The van der Waals surface area contributed by atoms with E-state index in [2.05, 4.69) is 41.1 Å². The van der Waals surface area contributed by atoms with Crippen LogP contribution in [0.3, 0.4) is 0 Å². The van der Waals surface area contributed by atoms with Crippen LogP contribution >= 0.6 is 0 Å². The Balaban J connectivity index is 1.69. The average Bonchev–Trinajstić information content (AvgIpc) is 2.83. The maximum atomic E-state index is 12.4. The summed E-state index contributed by atoms with van der Waals surface area (Å²) in [4.78, 5) is 14.4. The second-order valence-electron chi connectivity index (χ2n) is 7.54. The Bertz CT molecular complexity index is 450. The lowest BCUT2D eigenvalue weighted by molar-refractivity contribution is -0.131. The maximum absolute atomic E-state index is 12.4. The third-order valence-corrected chi connectivity index (χ3v) is 4.84. The number of unbranched alkanes of at least 4 members (excludes halogenated alkanes) is 1. The highest BCUT2D eigenvalue weighted by atomic mass is 16.2. The minimum Gasteiger partial charge on any atom is -0.343 e. The van der Waals surface area contributed by atoms with Gasteiger partial charge >= 0.3 is 0 Å². The summed E-state index contributed by atoms with van der Waals surface area (Å²) < 4.78 is 0. The number of aromatic amines is 1. The predicted molar refractivity (Wildman–Crippen MR) is 87.3 cm³/mol. The van der Waals surface area contributed by atoms with Gasteiger partial charge in [-0.1, -0.05) is 20.8 Å². The van der Waals surface area contributed by atoms with Gasteiger partial charge in [0.15, 0.2) is 0 Å². The van der Waals surface area contributed by atoms with Crippen LogP contribution in [0.4, 0.5) is 0 Å². The van der Waals surface area contributed by atoms with Gasteiger partial charge in [-0.15, -0.1) is 0 Å². The van der Waals surface area contributed by atoms with Crippen LogP contribution in [-0.2, 0) is 11.2 Å². The van der Waals surface area contributed by atoms with Crippen LogP contribution in [0.5, 0.6) is 0 Å². The van der Waals surface area contributed by atoms with Crippen LogP contribution in [0.15, 0.2) is 6.20 Å². The molecule has 1 aromatic heterocycles. The van der Waals surface area contributed by atoms with Crippen LogP contribution in [0.25, 0.3) is 0 Å². The van der Waals surface area contributed by atoms with E-state index in [1.54, 1.807) is 6.20 Å². The number of carbonyl (C=O) groups is 1. The van der Waals surface area contributed by atoms with Gasteiger partial charge in [0.1, 0.15) is 0 Å². The molecular formula is C17H30N4O. The van der Waals surface area contributed by atoms with E-state index < -0.39 is 0 Å². The standard InChI is InChI=1S/C17H30N4O/c1-17(2,3)14-7-6-11-21(12-10-14)16(22)9-5-4-8-15-13-18-20-19-15/h13-14H,4-12H2,1-3H3,(H,18,19,20). The third-order valence-electron chi connectivity index (χ3n) is 4.84. The topological polar surface area (TPSA) is 61.9 Å². The van der Waals surface area contributed by atoms with Gasteiger partial charge in [0.05, 0.1) is 11.9 Å². The molecule has 0 spiro atoms. The Labute approximate surface area is 133 Å². The fourth-order valence-electron chi connectivity index (χ4n) is 3.30. The quantitative estimate of drug-likeness (QED) is 0.850. The first-order valence-corrected chi connectivity index (χ1v) is 8.59. The fourth-order valence-corrected chi connectivity index (χ4v) is 3.30. The van der Waals surface area contributed by atoms with Crippen LogP contribution < -0.4 is 0 Å². The molecule has 1 amide bonds. The van der Waals surface area contributed by atoms with Gasteiger partial charge in [-0.25, -0.2) is 0 Å². The number of hydrogen-bond acceptors (Lipinski definition) is 3. The van der Waals surface area contributed by atoms with E-state index in [1.807, 2.05) is 0 Å². The Morgan fingerprint density at radius 3 is 2.82 bits per heavy atom. The first-order chi connectivity index (χ1) is 10.5. The summed E-state index contributed by atoms with van der Waals surface area (Å²) in [6.07, 6.45) is 8.79. The van der Waals surface area contributed by atoms with Crippen molar-refractivity contribution in [2.24, 2.45) is 11.3 Å². The normalized spacial score (nSPS) is 20.0. The zero-order valence-electron chi connectivity index (χ0n) is 14.3. The third kappa shape index (κ3) is 5.11. The summed E-state index contributed by atoms with van der Waals surface area (Å²) in [6, 6.07) is 0. The van der Waals surface area contributed by atoms with Gasteiger partial charge in [0, 0.05) is 19.5 Å². The molecule has 1 aromatic rings. The minimum absolute atomic E-state index is 0.328. The van der Waals surface area contributed by atoms with Crippen molar-refractivity contribution in [3.8, 4) is 0 Å². The summed E-state index contributed by atoms with van der Waals surface area (Å²) >= 11 is 0. The molecule has 1 unspecified atom stereocenters. The maximum Gasteiger partial charge on any atom is 0.222 e. The fraction of sp³-hybridized carbons (Fsp3) is 0.824. The molecule has 1 aliphatic heterocycles. The minimum atomic E-state index is 0.328. The van der Waals surface area contributed by atoms with E-state index in [4.69, 9.17) is 0 Å². The van der Waals surface area contributed by atoms with Crippen molar-refractivity contribution in [2.75, 3.05) is 13.1 Å². The summed E-state index contributed by atoms with van der Waals surface area (Å²) in [5.74, 6) is 1.06. The molecule has 1 atom stereocenters. The number of H-pyrrole nitrogens is 1. The van der Waals surface area contributed by atoms with Gasteiger partial charge < -0.3 is 4.90 Å². The van der Waals surface area contributed by atoms with E-state index in [9.17, 15) is 4.79 Å². The van der Waals surface area contributed by atoms with E-state index in [0.717, 1.165) is 56.8 Å². The first-order valence-electron chi connectivity index (χ1n) is 8.59. The molecule has 1 saturated heterocycles. The van der Waals surface area contributed by atoms with Crippen molar-refractivity contribution >= 4 is 5.91 Å². The Morgan fingerprint density at radius 1 is 1.32 bits per heavy atom. The van der Waals surface area contributed by atoms with Crippen LogP contribution in [-0.4, -0.2) is 39.3 Å². The molecule has 1 fully saturated rings. The molecule has 5 heteroatoms. The van der Waals surface area contributed by atoms with Crippen molar-refractivity contribution in [2.45, 2.75) is 65.7 Å². The lowest BCUT2D eigenvalue weighted by atomic mass is 9.77. The summed E-state index contributed by atoms with van der Waals surface area (Å²) in [5, 5.41) is 10.4. The number of aryl methyl sites for hydroxylation is 1. The number of aromatic nitrogens is 3. The number of carbonyl (C=O) groups excluding carboxylic acids is 1. The number of likely N-dealkylation sites (tertiary alicyclic amines) is 1. The van der Waals surface area contributed by atoms with E-state index in [-0.39, 0.29) is 0 Å². The van der Waals surface area contributed by atoms with E-state index in [1.165, 1.54) is 6.42 Å². The van der Waals surface area contributed by atoms with Crippen molar-refractivity contribution in [1.29, 1.82) is 0 Å². The monoisotopic (exact) mass is 306 g/mol. The number of nitrogens with zero attached hydrogens (tertiary/aromatic N) is 3. The van der Waals surface area contributed by atoms with E-state index in [0.29, 0.717) is 17.7 Å². The Hall–Kier alpha value is -1.39. The van der Waals surface area contributed by atoms with Gasteiger partial charge in [-0.3, -0.25) is 4.79 Å². The van der Waals surface area contributed by atoms with Gasteiger partial charge in [0.2, 0.25) is 5.91 Å². The van der Waals surface area contributed by atoms with Crippen molar-refractivity contribution < 1.29 is 4.79 Å². The molecule has 1 N–H and O–H groups in total. The number of amides is 1. The van der Waals surface area contributed by atoms with Gasteiger partial charge in [-0.05, 0) is 49.9 Å². The number of rotatable bonds is 5. The molecule has 124 valence electrons. The lowest BCUT2D eigenvalue weighted by Gasteiger charge is -2.29. The molecule has 22 heavy (non-hydrogen) atoms. The summed E-state index contributed by atoms with van der Waals surface area (Å²) in [6.45, 7) is 8.83. The average molecular weight is 306 g/mol. The Morgan fingerprint density at radius 2 is 2.14 bits per heavy atom. The molecule has 0 bridgehead atoms. The largest absolute Gasteiger partial charge is 0.343 e. The lowest BCUT2D eigenvalue weighted by Crippen LogP contribution is -2.32. The number of hydrogen-bond donors (Lipinski definition) is 1. The molecule has 0 aliphatic carbocycles. The smallest absolute Gasteiger partial charge is 0.222 e. The van der Waals surface area contributed by atoms with Crippen molar-refractivity contribution in [3.63, 3.8) is 0 Å². The van der Waals surface area contributed by atoms with Crippen LogP contribution in [0.2, 0.25) is 0 Å². The zero-order chi connectivity index (χ0) is 16.0. The molecule has 2 rings (SSSR count). The highest BCUT2D eigenvalue weighted by Gasteiger charge is 2.28. The molecule has 0 radical (unpaired) electrons. The Kier molecular flexibility index (Phi) is 5.98. The van der Waals surface area contributed by atoms with Crippen LogP contribution in [0.1, 0.15) is 65.0 Å². The highest BCUT2D eigenvalue weighted by molar-refractivity contribution is 5.76. The second-order valence-corrected chi connectivity index (χ2v) is 7.54. The SMILES string of the molecule is CC(C)(C)C1CCCN(C(=O)CCCCc2cn[nH]n2)CC1. The van der Waals surface area contributed by atoms with E-state index >= 15 is 0 Å². The highest BCUT2D eigenvalue weighted by Crippen LogP contribution is 2.34. The molecule has 0 aromatic carbocycles. The number of nitrogens with one attached hydrogen (secondary N) is 1. The molecule has 1 aliphatic rings. The van der Waals surface area contributed by atoms with Crippen molar-refractivity contribution in [3.05, 3.63) is 11.9 Å². The second kappa shape index (κ2) is 7.75. The molecule has 0 saturated carbocycles.